The lowest BCUT2D eigenvalue weighted by Gasteiger charge is -2.29. The first kappa shape index (κ1) is 19.9. The molecule has 1 aliphatic rings. The number of allylic oxidation sites excluding steroid dienone is 1. The van der Waals surface area contributed by atoms with Crippen LogP contribution in [0.15, 0.2) is 64.3 Å². The number of hydrogen-bond acceptors (Lipinski definition) is 4. The van der Waals surface area contributed by atoms with E-state index in [0.717, 1.165) is 10.0 Å². The van der Waals surface area contributed by atoms with Gasteiger partial charge in [0.25, 0.3) is 0 Å². The van der Waals surface area contributed by atoms with Gasteiger partial charge in [0.05, 0.1) is 18.7 Å². The van der Waals surface area contributed by atoms with Gasteiger partial charge in [-0.25, -0.2) is 9.59 Å². The zero-order valence-corrected chi connectivity index (χ0v) is 17.2. The number of benzene rings is 2. The molecule has 0 saturated carbocycles. The van der Waals surface area contributed by atoms with Gasteiger partial charge in [-0.15, -0.1) is 0 Å². The van der Waals surface area contributed by atoms with Crippen LogP contribution in [0.1, 0.15) is 30.5 Å². The minimum Gasteiger partial charge on any atom is -0.489 e. The van der Waals surface area contributed by atoms with Gasteiger partial charge in [-0.2, -0.15) is 0 Å². The van der Waals surface area contributed by atoms with E-state index in [9.17, 15) is 9.59 Å². The summed E-state index contributed by atoms with van der Waals surface area (Å²) < 4.78 is 12.0. The Kier molecular flexibility index (Phi) is 6.36. The largest absolute Gasteiger partial charge is 0.489 e. The first-order valence-corrected chi connectivity index (χ1v) is 9.67. The second-order valence-corrected chi connectivity index (χ2v) is 7.14. The van der Waals surface area contributed by atoms with Gasteiger partial charge in [0, 0.05) is 15.7 Å². The average Bonchev–Trinajstić information content (AvgIpc) is 2.72. The average molecular weight is 445 g/mol. The van der Waals surface area contributed by atoms with Crippen LogP contribution in [0.2, 0.25) is 0 Å². The van der Waals surface area contributed by atoms with Gasteiger partial charge in [0.2, 0.25) is 0 Å². The first-order chi connectivity index (χ1) is 13.5. The second kappa shape index (κ2) is 8.93. The highest BCUT2D eigenvalue weighted by Gasteiger charge is 2.34. The van der Waals surface area contributed by atoms with Crippen LogP contribution in [-0.4, -0.2) is 19.1 Å². The third-order valence-corrected chi connectivity index (χ3v) is 4.98. The van der Waals surface area contributed by atoms with Crippen molar-refractivity contribution in [1.82, 2.24) is 10.6 Å². The number of nitrogens with one attached hydrogen (secondary N) is 2. The predicted octanol–water partition coefficient (Wildman–Crippen LogP) is 4.22. The number of halogens is 1. The predicted molar refractivity (Wildman–Crippen MR) is 109 cm³/mol. The summed E-state index contributed by atoms with van der Waals surface area (Å²) in [6.45, 7) is 2.23. The molecule has 2 amide bonds. The van der Waals surface area contributed by atoms with Crippen molar-refractivity contribution in [1.29, 1.82) is 0 Å². The van der Waals surface area contributed by atoms with E-state index in [0.29, 0.717) is 35.6 Å². The van der Waals surface area contributed by atoms with Gasteiger partial charge in [-0.3, -0.25) is 0 Å². The van der Waals surface area contributed by atoms with E-state index in [1.807, 2.05) is 55.5 Å². The van der Waals surface area contributed by atoms with Crippen LogP contribution < -0.4 is 15.4 Å². The Balaban J connectivity index is 1.94. The Morgan fingerprint density at radius 2 is 1.86 bits per heavy atom. The second-order valence-electron chi connectivity index (χ2n) is 6.22. The molecule has 2 N–H and O–H groups in total. The Morgan fingerprint density at radius 1 is 1.14 bits per heavy atom. The molecule has 0 radical (unpaired) electrons. The van der Waals surface area contributed by atoms with Gasteiger partial charge in [0.15, 0.2) is 0 Å². The number of urea groups is 1. The van der Waals surface area contributed by atoms with Gasteiger partial charge in [-0.1, -0.05) is 53.2 Å². The van der Waals surface area contributed by atoms with Crippen LogP contribution >= 0.6 is 15.9 Å². The minimum absolute atomic E-state index is 0.362. The molecule has 0 aliphatic carbocycles. The molecule has 1 heterocycles. The molecule has 1 atom stereocenters. The van der Waals surface area contributed by atoms with Gasteiger partial charge in [0.1, 0.15) is 12.4 Å². The first-order valence-electron chi connectivity index (χ1n) is 8.88. The topological polar surface area (TPSA) is 76.7 Å². The molecule has 0 fully saturated rings. The number of methoxy groups -OCH3 is 1. The van der Waals surface area contributed by atoms with Crippen molar-refractivity contribution in [2.24, 2.45) is 0 Å². The van der Waals surface area contributed by atoms with E-state index in [2.05, 4.69) is 26.6 Å². The number of carbonyl (C=O) groups is 2. The normalized spacial score (nSPS) is 16.2. The van der Waals surface area contributed by atoms with Gasteiger partial charge in [-0.05, 0) is 30.2 Å². The molecule has 0 bridgehead atoms. The van der Waals surface area contributed by atoms with Gasteiger partial charge >= 0.3 is 12.0 Å². The Morgan fingerprint density at radius 3 is 2.54 bits per heavy atom. The zero-order valence-electron chi connectivity index (χ0n) is 15.6. The number of ether oxygens (including phenoxy) is 2. The quantitative estimate of drug-likeness (QED) is 0.653. The molecule has 1 aliphatic heterocycles. The zero-order chi connectivity index (χ0) is 20.1. The van der Waals surface area contributed by atoms with Crippen LogP contribution in [0.25, 0.3) is 0 Å². The van der Waals surface area contributed by atoms with E-state index < -0.39 is 12.0 Å². The molecule has 0 spiro atoms. The SMILES string of the molecule is CCC1=C(C(=O)OC)C(c2ccccc2OCc2ccc(Br)cc2)NC(=O)N1. The summed E-state index contributed by atoms with van der Waals surface area (Å²) in [5, 5.41) is 5.51. The van der Waals surface area contributed by atoms with E-state index >= 15 is 0 Å². The number of esters is 1. The maximum atomic E-state index is 12.4. The molecule has 2 aromatic carbocycles. The molecule has 3 rings (SSSR count). The summed E-state index contributed by atoms with van der Waals surface area (Å²) in [5.74, 6) is 0.103. The van der Waals surface area contributed by atoms with Crippen molar-refractivity contribution in [3.63, 3.8) is 0 Å². The summed E-state index contributed by atoms with van der Waals surface area (Å²) >= 11 is 3.41. The fourth-order valence-corrected chi connectivity index (χ4v) is 3.34. The van der Waals surface area contributed by atoms with Crippen LogP contribution in [0.3, 0.4) is 0 Å². The van der Waals surface area contributed by atoms with E-state index in [1.165, 1.54) is 7.11 Å². The highest BCUT2D eigenvalue weighted by molar-refractivity contribution is 9.10. The van der Waals surface area contributed by atoms with Crippen molar-refractivity contribution < 1.29 is 19.1 Å². The third kappa shape index (κ3) is 4.36. The number of rotatable bonds is 6. The molecule has 6 nitrogen and oxygen atoms in total. The molecular weight excluding hydrogens is 424 g/mol. The standard InChI is InChI=1S/C21H21BrN2O4/c1-3-16-18(20(25)27-2)19(24-21(26)23-16)15-6-4-5-7-17(15)28-12-13-8-10-14(22)11-9-13/h4-11,19H,3,12H2,1-2H3,(H2,23,24,26). The summed E-state index contributed by atoms with van der Waals surface area (Å²) in [7, 11) is 1.33. The molecule has 28 heavy (non-hydrogen) atoms. The molecule has 7 heteroatoms. The smallest absolute Gasteiger partial charge is 0.337 e. The maximum Gasteiger partial charge on any atom is 0.337 e. The lowest BCUT2D eigenvalue weighted by atomic mass is 9.93. The van der Waals surface area contributed by atoms with Crippen LogP contribution in [0, 0.1) is 0 Å². The summed E-state index contributed by atoms with van der Waals surface area (Å²) in [6.07, 6.45) is 0.496. The van der Waals surface area contributed by atoms with E-state index in [4.69, 9.17) is 9.47 Å². The summed E-state index contributed by atoms with van der Waals surface area (Å²) in [6, 6.07) is 14.2. The minimum atomic E-state index is -0.655. The molecule has 0 aromatic heterocycles. The van der Waals surface area contributed by atoms with Crippen molar-refractivity contribution in [2.45, 2.75) is 26.0 Å². The number of amides is 2. The Hall–Kier alpha value is -2.80. The summed E-state index contributed by atoms with van der Waals surface area (Å²) in [4.78, 5) is 24.6. The fourth-order valence-electron chi connectivity index (χ4n) is 3.07. The molecule has 2 aromatic rings. The van der Waals surface area contributed by atoms with Crippen LogP contribution in [0.5, 0.6) is 5.75 Å². The van der Waals surface area contributed by atoms with Crippen molar-refractivity contribution in [3.05, 3.63) is 75.4 Å². The number of carbonyl (C=O) groups excluding carboxylic acids is 2. The fraction of sp³-hybridized carbons (Fsp3) is 0.238. The molecule has 146 valence electrons. The van der Waals surface area contributed by atoms with Crippen molar-refractivity contribution in [3.8, 4) is 5.75 Å². The van der Waals surface area contributed by atoms with Crippen molar-refractivity contribution >= 4 is 27.9 Å². The number of hydrogen-bond donors (Lipinski definition) is 2. The lowest BCUT2D eigenvalue weighted by molar-refractivity contribution is -0.136. The molecule has 1 unspecified atom stereocenters. The highest BCUT2D eigenvalue weighted by atomic mass is 79.9. The highest BCUT2D eigenvalue weighted by Crippen LogP contribution is 2.34. The number of para-hydroxylation sites is 1. The third-order valence-electron chi connectivity index (χ3n) is 4.45. The summed E-state index contributed by atoms with van der Waals surface area (Å²) in [5.41, 5.74) is 2.62. The maximum absolute atomic E-state index is 12.4. The van der Waals surface area contributed by atoms with Crippen molar-refractivity contribution in [2.75, 3.05) is 7.11 Å². The Labute approximate surface area is 172 Å². The van der Waals surface area contributed by atoms with Gasteiger partial charge < -0.3 is 20.1 Å². The van der Waals surface area contributed by atoms with E-state index in [1.54, 1.807) is 0 Å². The lowest BCUT2D eigenvalue weighted by Crippen LogP contribution is -2.45. The van der Waals surface area contributed by atoms with Crippen LogP contribution in [0.4, 0.5) is 4.79 Å². The molecule has 0 saturated heterocycles. The van der Waals surface area contributed by atoms with E-state index in [-0.39, 0.29) is 6.03 Å². The monoisotopic (exact) mass is 444 g/mol. The van der Waals surface area contributed by atoms with Crippen LogP contribution in [-0.2, 0) is 16.1 Å². The Bertz CT molecular complexity index is 909. The molecular formula is C21H21BrN2O4.